The van der Waals surface area contributed by atoms with Crippen LogP contribution in [0.4, 0.5) is 0 Å². The van der Waals surface area contributed by atoms with Crippen molar-refractivity contribution in [3.63, 3.8) is 0 Å². The van der Waals surface area contributed by atoms with E-state index in [1.54, 1.807) is 21.3 Å². The van der Waals surface area contributed by atoms with Crippen LogP contribution in [-0.2, 0) is 19.4 Å². The molecule has 3 aromatic rings. The Kier molecular flexibility index (Phi) is 3.23. The number of benzene rings is 1. The van der Waals surface area contributed by atoms with Crippen molar-refractivity contribution in [1.29, 1.82) is 5.26 Å². The summed E-state index contributed by atoms with van der Waals surface area (Å²) in [7, 11) is 0. The van der Waals surface area contributed by atoms with Gasteiger partial charge in [0.1, 0.15) is 5.52 Å². The first-order valence-electron chi connectivity index (χ1n) is 7.85. The fourth-order valence-corrected chi connectivity index (χ4v) is 3.32. The van der Waals surface area contributed by atoms with Crippen LogP contribution in [-0.4, -0.2) is 14.2 Å². The standard InChI is InChI=1S/C18H16N4O/c19-11-13-4-3-5-14(10-13)12-21-8-9-22-17(18(21)23)15-6-1-2-7-16(15)20-22/h3-5,8-10H,1-2,6-7,12H2. The van der Waals surface area contributed by atoms with Crippen molar-refractivity contribution >= 4 is 5.52 Å². The Hall–Kier alpha value is -2.87. The maximum absolute atomic E-state index is 12.9. The van der Waals surface area contributed by atoms with Crippen LogP contribution in [0, 0.1) is 11.3 Å². The highest BCUT2D eigenvalue weighted by Gasteiger charge is 2.19. The van der Waals surface area contributed by atoms with Crippen LogP contribution in [0.15, 0.2) is 41.5 Å². The van der Waals surface area contributed by atoms with Crippen molar-refractivity contribution in [2.45, 2.75) is 32.2 Å². The van der Waals surface area contributed by atoms with Crippen molar-refractivity contribution in [1.82, 2.24) is 14.2 Å². The van der Waals surface area contributed by atoms with Gasteiger partial charge < -0.3 is 4.57 Å². The van der Waals surface area contributed by atoms with Crippen molar-refractivity contribution in [3.05, 3.63) is 69.4 Å². The molecule has 0 saturated carbocycles. The van der Waals surface area contributed by atoms with Crippen LogP contribution in [0.25, 0.3) is 5.52 Å². The molecule has 0 fully saturated rings. The van der Waals surface area contributed by atoms with Crippen LogP contribution < -0.4 is 5.56 Å². The lowest BCUT2D eigenvalue weighted by atomic mass is 9.97. The molecule has 5 nitrogen and oxygen atoms in total. The third-order valence-electron chi connectivity index (χ3n) is 4.44. The van der Waals surface area contributed by atoms with Crippen LogP contribution in [0.3, 0.4) is 0 Å². The van der Waals surface area contributed by atoms with E-state index in [0.29, 0.717) is 17.6 Å². The van der Waals surface area contributed by atoms with Gasteiger partial charge in [0.2, 0.25) is 0 Å². The minimum atomic E-state index is -0.00879. The van der Waals surface area contributed by atoms with E-state index in [1.807, 2.05) is 24.4 Å². The van der Waals surface area contributed by atoms with Crippen molar-refractivity contribution in [2.75, 3.05) is 0 Å². The summed E-state index contributed by atoms with van der Waals surface area (Å²) >= 11 is 0. The van der Waals surface area contributed by atoms with E-state index in [1.165, 1.54) is 0 Å². The molecule has 23 heavy (non-hydrogen) atoms. The largest absolute Gasteiger partial charge is 0.308 e. The van der Waals surface area contributed by atoms with E-state index < -0.39 is 0 Å². The Morgan fingerprint density at radius 1 is 1.22 bits per heavy atom. The van der Waals surface area contributed by atoms with Gasteiger partial charge in [-0.15, -0.1) is 0 Å². The third kappa shape index (κ3) is 2.33. The molecule has 0 atom stereocenters. The minimum Gasteiger partial charge on any atom is -0.308 e. The lowest BCUT2D eigenvalue weighted by Gasteiger charge is -2.09. The molecule has 2 aromatic heterocycles. The summed E-state index contributed by atoms with van der Waals surface area (Å²) in [5.41, 5.74) is 4.44. The molecule has 4 rings (SSSR count). The highest BCUT2D eigenvalue weighted by atomic mass is 16.1. The van der Waals surface area contributed by atoms with Gasteiger partial charge in [0.05, 0.1) is 23.9 Å². The summed E-state index contributed by atoms with van der Waals surface area (Å²) in [6.07, 6.45) is 7.78. The Balaban J connectivity index is 1.80. The number of hydrogen-bond donors (Lipinski definition) is 0. The van der Waals surface area contributed by atoms with E-state index >= 15 is 0 Å². The zero-order chi connectivity index (χ0) is 15.8. The van der Waals surface area contributed by atoms with Gasteiger partial charge in [-0.2, -0.15) is 10.4 Å². The molecule has 0 spiro atoms. The first-order chi connectivity index (χ1) is 11.3. The van der Waals surface area contributed by atoms with Gasteiger partial charge in [-0.25, -0.2) is 4.52 Å². The molecule has 1 aromatic carbocycles. The number of hydrogen-bond acceptors (Lipinski definition) is 3. The molecule has 1 aliphatic rings. The second-order valence-electron chi connectivity index (χ2n) is 5.97. The van der Waals surface area contributed by atoms with Crippen LogP contribution in [0.1, 0.15) is 35.2 Å². The lowest BCUT2D eigenvalue weighted by molar-refractivity contribution is 0.673. The predicted molar refractivity (Wildman–Crippen MR) is 86.4 cm³/mol. The van der Waals surface area contributed by atoms with Crippen molar-refractivity contribution < 1.29 is 0 Å². The van der Waals surface area contributed by atoms with Gasteiger partial charge in [0.25, 0.3) is 5.56 Å². The number of rotatable bonds is 2. The van der Waals surface area contributed by atoms with Gasteiger partial charge in [0, 0.05) is 18.0 Å². The van der Waals surface area contributed by atoms with Crippen LogP contribution >= 0.6 is 0 Å². The molecule has 1 aliphatic carbocycles. The molecule has 0 unspecified atom stereocenters. The average Bonchev–Trinajstić information content (AvgIpc) is 2.97. The molecule has 114 valence electrons. The normalized spacial score (nSPS) is 13.7. The second-order valence-corrected chi connectivity index (χ2v) is 5.97. The summed E-state index contributed by atoms with van der Waals surface area (Å²) in [6.45, 7) is 0.463. The van der Waals surface area contributed by atoms with Gasteiger partial charge in [-0.05, 0) is 43.4 Å². The van der Waals surface area contributed by atoms with Gasteiger partial charge in [-0.1, -0.05) is 12.1 Å². The SMILES string of the molecule is N#Cc1cccc(Cn2ccn3nc4c(c3c2=O)CCCC4)c1. The van der Waals surface area contributed by atoms with Crippen LogP contribution in [0.5, 0.6) is 0 Å². The zero-order valence-corrected chi connectivity index (χ0v) is 12.7. The van der Waals surface area contributed by atoms with E-state index in [0.717, 1.165) is 42.5 Å². The van der Waals surface area contributed by atoms with Crippen LogP contribution in [0.2, 0.25) is 0 Å². The first-order valence-corrected chi connectivity index (χ1v) is 7.85. The summed E-state index contributed by atoms with van der Waals surface area (Å²) in [5, 5.41) is 13.5. The topological polar surface area (TPSA) is 63.1 Å². The molecule has 0 N–H and O–H groups in total. The Bertz CT molecular complexity index is 990. The summed E-state index contributed by atoms with van der Waals surface area (Å²) in [5.74, 6) is 0. The monoisotopic (exact) mass is 304 g/mol. The number of aromatic nitrogens is 3. The zero-order valence-electron chi connectivity index (χ0n) is 12.7. The molecule has 0 bridgehead atoms. The van der Waals surface area contributed by atoms with E-state index in [2.05, 4.69) is 11.2 Å². The average molecular weight is 304 g/mol. The number of fused-ring (bicyclic) bond motifs is 3. The molecular weight excluding hydrogens is 288 g/mol. The highest BCUT2D eigenvalue weighted by molar-refractivity contribution is 5.56. The van der Waals surface area contributed by atoms with Gasteiger partial charge >= 0.3 is 0 Å². The summed E-state index contributed by atoms with van der Waals surface area (Å²) in [4.78, 5) is 12.9. The van der Waals surface area contributed by atoms with Gasteiger partial charge in [-0.3, -0.25) is 4.79 Å². The fraction of sp³-hybridized carbons (Fsp3) is 0.278. The van der Waals surface area contributed by atoms with E-state index in [4.69, 9.17) is 5.26 Å². The maximum Gasteiger partial charge on any atom is 0.277 e. The molecular formula is C18H16N4O. The molecule has 0 radical (unpaired) electrons. The molecule has 0 amide bonds. The minimum absolute atomic E-state index is 0.00879. The Morgan fingerprint density at radius 3 is 2.96 bits per heavy atom. The lowest BCUT2D eigenvalue weighted by Crippen LogP contribution is -2.22. The smallest absolute Gasteiger partial charge is 0.277 e. The van der Waals surface area contributed by atoms with Crippen molar-refractivity contribution in [3.8, 4) is 6.07 Å². The first kappa shape index (κ1) is 13.8. The quantitative estimate of drug-likeness (QED) is 0.729. The highest BCUT2D eigenvalue weighted by Crippen LogP contribution is 2.22. The number of aryl methyl sites for hydroxylation is 2. The Morgan fingerprint density at radius 2 is 2.09 bits per heavy atom. The summed E-state index contributed by atoms with van der Waals surface area (Å²) in [6, 6.07) is 9.50. The Labute approximate surface area is 133 Å². The molecule has 0 aliphatic heterocycles. The maximum atomic E-state index is 12.9. The number of nitriles is 1. The number of nitrogens with zero attached hydrogens (tertiary/aromatic N) is 4. The predicted octanol–water partition coefficient (Wildman–Crippen LogP) is 2.29. The van der Waals surface area contributed by atoms with E-state index in [-0.39, 0.29) is 5.56 Å². The van der Waals surface area contributed by atoms with E-state index in [9.17, 15) is 4.79 Å². The fourth-order valence-electron chi connectivity index (χ4n) is 3.32. The van der Waals surface area contributed by atoms with Crippen molar-refractivity contribution in [2.24, 2.45) is 0 Å². The summed E-state index contributed by atoms with van der Waals surface area (Å²) < 4.78 is 3.42. The third-order valence-corrected chi connectivity index (χ3v) is 4.44. The molecule has 0 saturated heterocycles. The molecule has 5 heteroatoms. The molecule has 2 heterocycles. The van der Waals surface area contributed by atoms with Gasteiger partial charge in [0.15, 0.2) is 0 Å². The second kappa shape index (κ2) is 5.40.